The molecule has 0 bridgehead atoms. The van der Waals surface area contributed by atoms with Gasteiger partial charge in [-0.05, 0) is 18.1 Å². The summed E-state index contributed by atoms with van der Waals surface area (Å²) < 4.78 is 0. The zero-order valence-electron chi connectivity index (χ0n) is 16.5. The number of primary amides is 1. The number of hydrogen-bond acceptors (Lipinski definition) is 6. The van der Waals surface area contributed by atoms with Crippen molar-refractivity contribution >= 4 is 40.5 Å². The van der Waals surface area contributed by atoms with E-state index in [2.05, 4.69) is 10.3 Å². The second-order valence-corrected chi connectivity index (χ2v) is 7.40. The number of hydrogen-bond donors (Lipinski definition) is 5. The van der Waals surface area contributed by atoms with Crippen molar-refractivity contribution in [2.75, 3.05) is 0 Å². The predicted octanol–water partition coefficient (Wildman–Crippen LogP) is -1.000. The number of H-pyrrole nitrogens is 1. The van der Waals surface area contributed by atoms with Gasteiger partial charge in [0.1, 0.15) is 12.1 Å². The van der Waals surface area contributed by atoms with Crippen LogP contribution < -0.4 is 16.8 Å². The molecule has 1 fully saturated rings. The Balaban J connectivity index is 1.97. The zero-order chi connectivity index (χ0) is 22.7. The number of nitrogens with one attached hydrogen (secondary N) is 2. The minimum atomic E-state index is -1.60. The fraction of sp³-hybridized carbons (Fsp3) is 0.350. The van der Waals surface area contributed by atoms with Crippen LogP contribution in [0.4, 0.5) is 0 Å². The van der Waals surface area contributed by atoms with Crippen LogP contribution in [0.25, 0.3) is 10.9 Å². The zero-order valence-corrected chi connectivity index (χ0v) is 16.5. The van der Waals surface area contributed by atoms with Crippen LogP contribution in [0.15, 0.2) is 30.5 Å². The molecule has 0 spiro atoms. The highest BCUT2D eigenvalue weighted by Crippen LogP contribution is 2.22. The lowest BCUT2D eigenvalue weighted by Gasteiger charge is -2.31. The number of carboxylic acid groups (broad SMARTS) is 1. The third-order valence-electron chi connectivity index (χ3n) is 5.19. The molecular formula is C20H23N5O6. The van der Waals surface area contributed by atoms with E-state index in [0.29, 0.717) is 10.5 Å². The molecule has 2 heterocycles. The Labute approximate surface area is 176 Å². The third-order valence-corrected chi connectivity index (χ3v) is 5.19. The quantitative estimate of drug-likeness (QED) is 0.355. The van der Waals surface area contributed by atoms with E-state index >= 15 is 0 Å². The van der Waals surface area contributed by atoms with Gasteiger partial charge in [-0.3, -0.25) is 24.1 Å². The highest BCUT2D eigenvalue weighted by molar-refractivity contribution is 6.05. The van der Waals surface area contributed by atoms with Crippen LogP contribution in [0.3, 0.4) is 0 Å². The highest BCUT2D eigenvalue weighted by atomic mass is 16.4. The predicted molar refractivity (Wildman–Crippen MR) is 108 cm³/mol. The number of rotatable bonds is 8. The SMILES string of the molecule is NC(=O)CC(N)C(=O)N(C(=O)C1CCC(=O)N1)C(Cc1c[nH]c2ccccc12)C(=O)O. The highest BCUT2D eigenvalue weighted by Gasteiger charge is 2.42. The Morgan fingerprint density at radius 3 is 2.55 bits per heavy atom. The standard InChI is InChI=1S/C20H23N5O6/c21-12(8-16(22)26)18(28)25(19(29)14-5-6-17(27)24-14)15(20(30)31)7-10-9-23-13-4-2-1-3-11(10)13/h1-4,9,12,14-15,23H,5-8,21H2,(H2,22,26)(H,24,27)(H,30,31). The van der Waals surface area contributed by atoms with E-state index in [4.69, 9.17) is 11.5 Å². The van der Waals surface area contributed by atoms with Crippen molar-refractivity contribution in [1.82, 2.24) is 15.2 Å². The first kappa shape index (κ1) is 22.0. The minimum absolute atomic E-state index is 0.0754. The van der Waals surface area contributed by atoms with Crippen LogP contribution in [0.5, 0.6) is 0 Å². The number of nitrogens with zero attached hydrogens (tertiary/aromatic N) is 1. The largest absolute Gasteiger partial charge is 0.480 e. The number of aliphatic carboxylic acids is 1. The lowest BCUT2D eigenvalue weighted by Crippen LogP contribution is -2.59. The summed E-state index contributed by atoms with van der Waals surface area (Å²) in [6.07, 6.45) is 1.05. The maximum atomic E-state index is 13.1. The van der Waals surface area contributed by atoms with Crippen molar-refractivity contribution in [2.45, 2.75) is 43.8 Å². The number of aromatic nitrogens is 1. The molecular weight excluding hydrogens is 406 g/mol. The van der Waals surface area contributed by atoms with Crippen molar-refractivity contribution in [3.05, 3.63) is 36.0 Å². The van der Waals surface area contributed by atoms with Gasteiger partial charge in [-0.25, -0.2) is 4.79 Å². The third kappa shape index (κ3) is 4.72. The number of carbonyl (C=O) groups excluding carboxylic acids is 4. The van der Waals surface area contributed by atoms with E-state index in [1.165, 1.54) is 0 Å². The molecule has 1 saturated heterocycles. The Bertz CT molecular complexity index is 1050. The summed E-state index contributed by atoms with van der Waals surface area (Å²) in [5.74, 6) is -4.61. The van der Waals surface area contributed by atoms with Gasteiger partial charge in [0.15, 0.2) is 0 Å². The molecule has 0 radical (unpaired) electrons. The minimum Gasteiger partial charge on any atom is -0.480 e. The molecule has 1 aliphatic rings. The van der Waals surface area contributed by atoms with Crippen molar-refractivity contribution in [3.63, 3.8) is 0 Å². The maximum absolute atomic E-state index is 13.1. The average Bonchev–Trinajstić information content (AvgIpc) is 3.33. The summed E-state index contributed by atoms with van der Waals surface area (Å²) in [6.45, 7) is 0. The van der Waals surface area contributed by atoms with E-state index in [1.54, 1.807) is 24.4 Å². The van der Waals surface area contributed by atoms with Gasteiger partial charge in [-0.15, -0.1) is 0 Å². The number of fused-ring (bicyclic) bond motifs is 1. The summed E-state index contributed by atoms with van der Waals surface area (Å²) in [7, 11) is 0. The maximum Gasteiger partial charge on any atom is 0.327 e. The van der Waals surface area contributed by atoms with Gasteiger partial charge >= 0.3 is 5.97 Å². The number of aromatic amines is 1. The van der Waals surface area contributed by atoms with Crippen LogP contribution in [-0.2, 0) is 30.4 Å². The number of para-hydroxylation sites is 1. The number of carboxylic acids is 1. The first-order valence-corrected chi connectivity index (χ1v) is 9.67. The fourth-order valence-electron chi connectivity index (χ4n) is 3.66. The van der Waals surface area contributed by atoms with Crippen molar-refractivity contribution < 1.29 is 29.1 Å². The Morgan fingerprint density at radius 1 is 1.23 bits per heavy atom. The molecule has 11 nitrogen and oxygen atoms in total. The summed E-state index contributed by atoms with van der Waals surface area (Å²) in [5.41, 5.74) is 12.2. The second kappa shape index (κ2) is 8.96. The lowest BCUT2D eigenvalue weighted by atomic mass is 10.0. The summed E-state index contributed by atoms with van der Waals surface area (Å²) in [6, 6.07) is 3.02. The van der Waals surface area contributed by atoms with Gasteiger partial charge in [0.2, 0.25) is 17.7 Å². The number of amides is 4. The van der Waals surface area contributed by atoms with Crippen LogP contribution in [0.2, 0.25) is 0 Å². The van der Waals surface area contributed by atoms with Gasteiger partial charge in [-0.2, -0.15) is 0 Å². The van der Waals surface area contributed by atoms with Gasteiger partial charge < -0.3 is 26.9 Å². The van der Waals surface area contributed by atoms with E-state index in [0.717, 1.165) is 10.9 Å². The molecule has 2 aromatic rings. The summed E-state index contributed by atoms with van der Waals surface area (Å²) in [5, 5.41) is 13.1. The van der Waals surface area contributed by atoms with Crippen LogP contribution in [-0.4, -0.2) is 62.7 Å². The molecule has 164 valence electrons. The molecule has 1 aromatic heterocycles. The van der Waals surface area contributed by atoms with E-state index in [9.17, 15) is 29.1 Å². The van der Waals surface area contributed by atoms with E-state index in [-0.39, 0.29) is 25.2 Å². The lowest BCUT2D eigenvalue weighted by molar-refractivity contribution is -0.159. The number of nitrogens with two attached hydrogens (primary N) is 2. The molecule has 3 atom stereocenters. The molecule has 7 N–H and O–H groups in total. The summed E-state index contributed by atoms with van der Waals surface area (Å²) in [4.78, 5) is 64.6. The van der Waals surface area contributed by atoms with E-state index < -0.39 is 48.2 Å². The van der Waals surface area contributed by atoms with Gasteiger partial charge in [-0.1, -0.05) is 18.2 Å². The molecule has 4 amide bonds. The van der Waals surface area contributed by atoms with E-state index in [1.807, 2.05) is 6.07 Å². The molecule has 0 saturated carbocycles. The van der Waals surface area contributed by atoms with Crippen molar-refractivity contribution in [2.24, 2.45) is 11.5 Å². The Morgan fingerprint density at radius 2 is 1.94 bits per heavy atom. The van der Waals surface area contributed by atoms with Crippen LogP contribution >= 0.6 is 0 Å². The monoisotopic (exact) mass is 429 g/mol. The topological polar surface area (TPSA) is 189 Å². The van der Waals surface area contributed by atoms with Gasteiger partial charge in [0, 0.05) is 29.9 Å². The molecule has 3 unspecified atom stereocenters. The molecule has 11 heteroatoms. The van der Waals surface area contributed by atoms with Gasteiger partial charge in [0.25, 0.3) is 5.91 Å². The molecule has 1 aromatic carbocycles. The smallest absolute Gasteiger partial charge is 0.327 e. The number of benzene rings is 1. The second-order valence-electron chi connectivity index (χ2n) is 7.40. The molecule has 3 rings (SSSR count). The molecule has 31 heavy (non-hydrogen) atoms. The number of carbonyl (C=O) groups is 5. The fourth-order valence-corrected chi connectivity index (χ4v) is 3.66. The first-order chi connectivity index (χ1) is 14.7. The Kier molecular flexibility index (Phi) is 6.35. The Hall–Kier alpha value is -3.73. The number of imide groups is 1. The van der Waals surface area contributed by atoms with Crippen molar-refractivity contribution in [3.8, 4) is 0 Å². The van der Waals surface area contributed by atoms with Gasteiger partial charge in [0.05, 0.1) is 12.5 Å². The van der Waals surface area contributed by atoms with Crippen molar-refractivity contribution in [1.29, 1.82) is 0 Å². The average molecular weight is 429 g/mol. The normalized spacial score (nSPS) is 17.7. The first-order valence-electron chi connectivity index (χ1n) is 9.67. The summed E-state index contributed by atoms with van der Waals surface area (Å²) >= 11 is 0. The molecule has 1 aliphatic heterocycles. The van der Waals surface area contributed by atoms with Crippen LogP contribution in [0.1, 0.15) is 24.8 Å². The molecule has 0 aliphatic carbocycles. The van der Waals surface area contributed by atoms with Crippen LogP contribution in [0, 0.1) is 0 Å².